The quantitative estimate of drug-likeness (QED) is 0.426. The van der Waals surface area contributed by atoms with Crippen molar-refractivity contribution in [1.29, 1.82) is 0 Å². The molecule has 0 saturated carbocycles. The van der Waals surface area contributed by atoms with E-state index >= 15 is 0 Å². The van der Waals surface area contributed by atoms with Crippen LogP contribution in [0.4, 0.5) is 4.79 Å². The van der Waals surface area contributed by atoms with Gasteiger partial charge >= 0.3 is 6.03 Å². The van der Waals surface area contributed by atoms with Crippen LogP contribution < -0.4 is 10.6 Å². The second-order valence-corrected chi connectivity index (χ2v) is 10.8. The molecule has 4 rings (SSSR count). The van der Waals surface area contributed by atoms with Crippen LogP contribution in [0.15, 0.2) is 84.9 Å². The lowest BCUT2D eigenvalue weighted by Gasteiger charge is -2.24. The Bertz CT molecular complexity index is 1210. The number of carbonyl (C=O) groups excluding carboxylic acids is 3. The lowest BCUT2D eigenvalue weighted by molar-refractivity contribution is -0.134. The van der Waals surface area contributed by atoms with Gasteiger partial charge < -0.3 is 10.6 Å². The molecule has 1 heterocycles. The highest BCUT2D eigenvalue weighted by molar-refractivity contribution is 6.09. The Kier molecular flexibility index (Phi) is 7.48. The standard InChI is InChI=1S/C31H35N3O3/c1-30(2,3)24-15-17-25(18-16-24)31(4)28(36)34(29(37)33-31)21-27(35)32-20-19-26(22-11-7-5-8-12-22)23-13-9-6-10-14-23/h5-18,26H,19-21H2,1-4H3,(H,32,35)(H,33,37). The molecule has 37 heavy (non-hydrogen) atoms. The van der Waals surface area contributed by atoms with Crippen LogP contribution >= 0.6 is 0 Å². The monoisotopic (exact) mass is 497 g/mol. The van der Waals surface area contributed by atoms with Gasteiger partial charge in [-0.25, -0.2) is 4.79 Å². The molecule has 1 saturated heterocycles. The van der Waals surface area contributed by atoms with E-state index in [2.05, 4.69) is 55.7 Å². The van der Waals surface area contributed by atoms with E-state index in [9.17, 15) is 14.4 Å². The molecule has 0 aliphatic carbocycles. The molecule has 0 spiro atoms. The van der Waals surface area contributed by atoms with E-state index in [-0.39, 0.29) is 23.8 Å². The Hall–Kier alpha value is -3.93. The van der Waals surface area contributed by atoms with Crippen LogP contribution in [-0.2, 0) is 20.5 Å². The Labute approximate surface area is 219 Å². The summed E-state index contributed by atoms with van der Waals surface area (Å²) in [4.78, 5) is 39.7. The molecule has 1 atom stereocenters. The maximum atomic E-state index is 13.3. The van der Waals surface area contributed by atoms with E-state index in [0.717, 1.165) is 10.5 Å². The van der Waals surface area contributed by atoms with Gasteiger partial charge in [0.05, 0.1) is 0 Å². The van der Waals surface area contributed by atoms with Gasteiger partial charge in [0.2, 0.25) is 5.91 Å². The highest BCUT2D eigenvalue weighted by Gasteiger charge is 2.49. The molecule has 1 aliphatic rings. The minimum atomic E-state index is -1.21. The molecule has 4 amide bonds. The first kappa shape index (κ1) is 26.1. The lowest BCUT2D eigenvalue weighted by Crippen LogP contribution is -2.43. The summed E-state index contributed by atoms with van der Waals surface area (Å²) in [6.07, 6.45) is 0.692. The smallest absolute Gasteiger partial charge is 0.325 e. The fourth-order valence-electron chi connectivity index (χ4n) is 4.79. The molecule has 1 aliphatic heterocycles. The number of rotatable bonds is 8. The number of hydrogen-bond donors (Lipinski definition) is 2. The third kappa shape index (κ3) is 5.74. The van der Waals surface area contributed by atoms with Gasteiger partial charge in [0.1, 0.15) is 12.1 Å². The number of nitrogens with one attached hydrogen (secondary N) is 2. The van der Waals surface area contributed by atoms with Crippen molar-refractivity contribution < 1.29 is 14.4 Å². The van der Waals surface area contributed by atoms with Crippen molar-refractivity contribution in [2.75, 3.05) is 13.1 Å². The molecule has 2 N–H and O–H groups in total. The Balaban J connectivity index is 1.39. The minimum Gasteiger partial charge on any atom is -0.355 e. The number of hydrogen-bond acceptors (Lipinski definition) is 3. The molecular formula is C31H35N3O3. The zero-order valence-corrected chi connectivity index (χ0v) is 22.0. The van der Waals surface area contributed by atoms with E-state index in [1.54, 1.807) is 6.92 Å². The summed E-state index contributed by atoms with van der Waals surface area (Å²) in [6.45, 7) is 8.14. The predicted molar refractivity (Wildman–Crippen MR) is 145 cm³/mol. The zero-order chi connectivity index (χ0) is 26.6. The van der Waals surface area contributed by atoms with Gasteiger partial charge in [-0.05, 0) is 41.0 Å². The van der Waals surface area contributed by atoms with Crippen LogP contribution in [0.25, 0.3) is 0 Å². The predicted octanol–water partition coefficient (Wildman–Crippen LogP) is 5.09. The van der Waals surface area contributed by atoms with E-state index in [1.165, 1.54) is 11.1 Å². The molecule has 0 aromatic heterocycles. The summed E-state index contributed by atoms with van der Waals surface area (Å²) < 4.78 is 0. The minimum absolute atomic E-state index is 0.0213. The van der Waals surface area contributed by atoms with Crippen LogP contribution in [0, 0.1) is 0 Å². The van der Waals surface area contributed by atoms with Crippen LogP contribution in [0.1, 0.15) is 62.3 Å². The lowest BCUT2D eigenvalue weighted by atomic mass is 9.84. The molecule has 192 valence electrons. The van der Waals surface area contributed by atoms with Gasteiger partial charge in [0, 0.05) is 12.5 Å². The number of imide groups is 1. The fraction of sp³-hybridized carbons (Fsp3) is 0.323. The first-order valence-electron chi connectivity index (χ1n) is 12.7. The van der Waals surface area contributed by atoms with Crippen molar-refractivity contribution in [1.82, 2.24) is 15.5 Å². The van der Waals surface area contributed by atoms with Crippen LogP contribution in [0.3, 0.4) is 0 Å². The molecule has 3 aromatic rings. The van der Waals surface area contributed by atoms with Crippen LogP contribution in [0.2, 0.25) is 0 Å². The fourth-order valence-corrected chi connectivity index (χ4v) is 4.79. The number of urea groups is 1. The topological polar surface area (TPSA) is 78.5 Å². The number of carbonyl (C=O) groups is 3. The van der Waals surface area contributed by atoms with E-state index < -0.39 is 17.5 Å². The van der Waals surface area contributed by atoms with Gasteiger partial charge in [-0.2, -0.15) is 0 Å². The van der Waals surface area contributed by atoms with E-state index in [4.69, 9.17) is 0 Å². The van der Waals surface area contributed by atoms with Crippen molar-refractivity contribution in [3.8, 4) is 0 Å². The summed E-state index contributed by atoms with van der Waals surface area (Å²) in [5, 5.41) is 5.68. The normalized spacial score (nSPS) is 17.7. The van der Waals surface area contributed by atoms with Crippen LogP contribution in [-0.4, -0.2) is 35.8 Å². The molecule has 0 radical (unpaired) electrons. The molecular weight excluding hydrogens is 462 g/mol. The van der Waals surface area contributed by atoms with Crippen molar-refractivity contribution in [3.63, 3.8) is 0 Å². The van der Waals surface area contributed by atoms with Gasteiger partial charge in [0.25, 0.3) is 5.91 Å². The second kappa shape index (κ2) is 10.6. The average Bonchev–Trinajstić information content (AvgIpc) is 3.11. The van der Waals surface area contributed by atoms with E-state index in [0.29, 0.717) is 18.5 Å². The summed E-state index contributed by atoms with van der Waals surface area (Å²) in [6, 6.07) is 27.5. The first-order valence-corrected chi connectivity index (χ1v) is 12.7. The third-order valence-corrected chi connectivity index (χ3v) is 7.06. The van der Waals surface area contributed by atoms with Crippen molar-refractivity contribution in [2.45, 2.75) is 51.0 Å². The van der Waals surface area contributed by atoms with Crippen molar-refractivity contribution in [3.05, 3.63) is 107 Å². The maximum absolute atomic E-state index is 13.3. The van der Waals surface area contributed by atoms with Crippen molar-refractivity contribution in [2.24, 2.45) is 0 Å². The van der Waals surface area contributed by atoms with Crippen LogP contribution in [0.5, 0.6) is 0 Å². The first-order chi connectivity index (χ1) is 17.6. The molecule has 3 aromatic carbocycles. The Morgan fingerprint density at radius 1 is 0.892 bits per heavy atom. The summed E-state index contributed by atoms with van der Waals surface area (Å²) in [7, 11) is 0. The van der Waals surface area contributed by atoms with Crippen molar-refractivity contribution >= 4 is 17.8 Å². The highest BCUT2D eigenvalue weighted by Crippen LogP contribution is 2.31. The van der Waals surface area contributed by atoms with Gasteiger partial charge in [-0.1, -0.05) is 106 Å². The second-order valence-electron chi connectivity index (χ2n) is 10.8. The summed E-state index contributed by atoms with van der Waals surface area (Å²) in [5.41, 5.74) is 2.94. The van der Waals surface area contributed by atoms with E-state index in [1.807, 2.05) is 60.7 Å². The Morgan fingerprint density at radius 3 is 1.95 bits per heavy atom. The highest BCUT2D eigenvalue weighted by atomic mass is 16.2. The molecule has 0 bridgehead atoms. The molecule has 1 unspecified atom stereocenters. The van der Waals surface area contributed by atoms with Gasteiger partial charge in [0.15, 0.2) is 0 Å². The zero-order valence-electron chi connectivity index (χ0n) is 22.0. The van der Waals surface area contributed by atoms with Gasteiger partial charge in [-0.15, -0.1) is 0 Å². The SMILES string of the molecule is CC(C)(C)c1ccc(C2(C)NC(=O)N(CC(=O)NCCC(c3ccccc3)c3ccccc3)C2=O)cc1. The largest absolute Gasteiger partial charge is 0.355 e. The molecule has 1 fully saturated rings. The third-order valence-electron chi connectivity index (χ3n) is 7.06. The summed E-state index contributed by atoms with van der Waals surface area (Å²) >= 11 is 0. The molecule has 6 nitrogen and oxygen atoms in total. The number of benzene rings is 3. The van der Waals surface area contributed by atoms with Gasteiger partial charge in [-0.3, -0.25) is 14.5 Å². The molecule has 6 heteroatoms. The maximum Gasteiger partial charge on any atom is 0.325 e. The number of nitrogens with zero attached hydrogens (tertiary/aromatic N) is 1. The summed E-state index contributed by atoms with van der Waals surface area (Å²) in [5.74, 6) is -0.669. The number of amides is 4. The average molecular weight is 498 g/mol. The Morgan fingerprint density at radius 2 is 1.43 bits per heavy atom.